The van der Waals surface area contributed by atoms with Crippen LogP contribution in [0.4, 0.5) is 11.4 Å². The van der Waals surface area contributed by atoms with Crippen molar-refractivity contribution in [2.24, 2.45) is 4.99 Å². The SMILES string of the molecule is CN1CCC(N2C(=O)c3cc4c(cc3C2=O)N=C(c2c(NCC(O)COc3ccc5ccccc5c3)cc[nH]c2=O)C4)CC1. The summed E-state index contributed by atoms with van der Waals surface area (Å²) in [5.41, 5.74) is 3.24. The second kappa shape index (κ2) is 11.4. The van der Waals surface area contributed by atoms with E-state index in [1.54, 1.807) is 18.2 Å². The van der Waals surface area contributed by atoms with Crippen molar-refractivity contribution >= 4 is 39.7 Å². The first-order chi connectivity index (χ1) is 21.4. The lowest BCUT2D eigenvalue weighted by Gasteiger charge is -2.33. The van der Waals surface area contributed by atoms with Crippen LogP contribution in [0, 0.1) is 0 Å². The van der Waals surface area contributed by atoms with E-state index >= 15 is 0 Å². The van der Waals surface area contributed by atoms with Crippen molar-refractivity contribution in [2.45, 2.75) is 31.4 Å². The minimum atomic E-state index is -0.844. The van der Waals surface area contributed by atoms with Crippen LogP contribution in [0.25, 0.3) is 10.8 Å². The maximum Gasteiger partial charge on any atom is 0.261 e. The number of aliphatic imine (C=N–C) groups is 1. The summed E-state index contributed by atoms with van der Waals surface area (Å²) in [6.45, 7) is 1.91. The lowest BCUT2D eigenvalue weighted by atomic mass is 10.00. The number of aromatic nitrogens is 1. The molecule has 0 saturated carbocycles. The summed E-state index contributed by atoms with van der Waals surface area (Å²) in [6, 6.07) is 18.8. The zero-order valence-corrected chi connectivity index (χ0v) is 24.4. The van der Waals surface area contributed by atoms with Gasteiger partial charge < -0.3 is 25.0 Å². The molecule has 10 heteroatoms. The summed E-state index contributed by atoms with van der Waals surface area (Å²) in [6.07, 6.45) is 2.57. The van der Waals surface area contributed by atoms with Gasteiger partial charge >= 0.3 is 0 Å². The number of ether oxygens (including phenoxy) is 1. The molecule has 1 saturated heterocycles. The Labute approximate surface area is 254 Å². The molecule has 0 aliphatic carbocycles. The molecule has 3 N–H and O–H groups in total. The number of likely N-dealkylation sites (tertiary alicyclic amines) is 1. The number of carbonyl (C=O) groups is 2. The molecule has 1 aromatic heterocycles. The Balaban J connectivity index is 1.05. The van der Waals surface area contributed by atoms with Crippen LogP contribution in [0.1, 0.15) is 44.7 Å². The molecular weight excluding hydrogens is 558 g/mol. The highest BCUT2D eigenvalue weighted by molar-refractivity contribution is 6.22. The van der Waals surface area contributed by atoms with Crippen molar-refractivity contribution in [2.75, 3.05) is 38.6 Å². The molecule has 3 aliphatic heterocycles. The number of hydrogen-bond acceptors (Lipinski definition) is 8. The first kappa shape index (κ1) is 28.0. The topological polar surface area (TPSA) is 127 Å². The molecule has 224 valence electrons. The fourth-order valence-corrected chi connectivity index (χ4v) is 6.33. The number of nitrogens with zero attached hydrogens (tertiary/aromatic N) is 3. The summed E-state index contributed by atoms with van der Waals surface area (Å²) in [5, 5.41) is 16.0. The molecule has 1 atom stereocenters. The van der Waals surface area contributed by atoms with E-state index in [1.165, 1.54) is 11.1 Å². The maximum absolute atomic E-state index is 13.4. The van der Waals surface area contributed by atoms with Gasteiger partial charge in [-0.3, -0.25) is 24.3 Å². The Kier molecular flexibility index (Phi) is 7.23. The van der Waals surface area contributed by atoms with E-state index in [1.807, 2.05) is 49.5 Å². The highest BCUT2D eigenvalue weighted by Gasteiger charge is 2.42. The number of amides is 2. The summed E-state index contributed by atoms with van der Waals surface area (Å²) in [5.74, 6) is 0.137. The molecule has 3 aliphatic rings. The van der Waals surface area contributed by atoms with Gasteiger partial charge in [0.05, 0.1) is 33.8 Å². The number of nitrogens with one attached hydrogen (secondary N) is 2. The van der Waals surface area contributed by atoms with Crippen molar-refractivity contribution < 1.29 is 19.4 Å². The molecule has 1 unspecified atom stereocenters. The average Bonchev–Trinajstić information content (AvgIpc) is 3.55. The second-order valence-corrected chi connectivity index (χ2v) is 11.7. The van der Waals surface area contributed by atoms with Crippen molar-refractivity contribution in [1.29, 1.82) is 0 Å². The van der Waals surface area contributed by atoms with E-state index in [4.69, 9.17) is 9.73 Å². The fourth-order valence-electron chi connectivity index (χ4n) is 6.33. The second-order valence-electron chi connectivity index (χ2n) is 11.7. The van der Waals surface area contributed by atoms with E-state index < -0.39 is 6.10 Å². The van der Waals surface area contributed by atoms with E-state index in [9.17, 15) is 19.5 Å². The summed E-state index contributed by atoms with van der Waals surface area (Å²) < 4.78 is 5.82. The van der Waals surface area contributed by atoms with Gasteiger partial charge in [-0.05, 0) is 79.6 Å². The molecule has 0 bridgehead atoms. The minimum Gasteiger partial charge on any atom is -0.491 e. The van der Waals surface area contributed by atoms with E-state index in [2.05, 4.69) is 15.2 Å². The van der Waals surface area contributed by atoms with Gasteiger partial charge in [0.2, 0.25) is 0 Å². The molecule has 3 aromatic carbocycles. The number of fused-ring (bicyclic) bond motifs is 3. The van der Waals surface area contributed by atoms with Crippen LogP contribution in [0.15, 0.2) is 76.6 Å². The number of hydrogen-bond donors (Lipinski definition) is 3. The zero-order valence-electron chi connectivity index (χ0n) is 24.4. The Hall–Kier alpha value is -4.80. The van der Waals surface area contributed by atoms with Gasteiger partial charge in [-0.15, -0.1) is 0 Å². The van der Waals surface area contributed by atoms with Crippen LogP contribution in [0.3, 0.4) is 0 Å². The quantitative estimate of drug-likeness (QED) is 0.267. The monoisotopic (exact) mass is 591 g/mol. The number of H-pyrrole nitrogens is 1. The van der Waals surface area contributed by atoms with Crippen LogP contribution in [0.2, 0.25) is 0 Å². The van der Waals surface area contributed by atoms with Gasteiger partial charge in [0, 0.05) is 25.2 Å². The number of aromatic amines is 1. The predicted molar refractivity (Wildman–Crippen MR) is 168 cm³/mol. The van der Waals surface area contributed by atoms with Gasteiger partial charge in [-0.25, -0.2) is 0 Å². The standard InChI is InChI=1S/C34H33N5O5/c1-38-12-9-23(10-13-38)39-33(42)26-15-22-16-30(37-29(22)17-27(26)34(39)43)31-28(8-11-35-32(31)41)36-18-24(40)19-44-25-7-6-20-4-2-3-5-21(20)14-25/h2-8,11,14-15,17,23-24,40H,9-10,12-13,16,18-19H2,1H3,(H2,35,36,41). The molecule has 44 heavy (non-hydrogen) atoms. The molecule has 0 radical (unpaired) electrons. The lowest BCUT2D eigenvalue weighted by Crippen LogP contribution is -2.46. The zero-order chi connectivity index (χ0) is 30.4. The van der Waals surface area contributed by atoms with Crippen LogP contribution < -0.4 is 15.6 Å². The van der Waals surface area contributed by atoms with Crippen molar-refractivity contribution in [1.82, 2.24) is 14.8 Å². The first-order valence-electron chi connectivity index (χ1n) is 14.9. The van der Waals surface area contributed by atoms with E-state index in [-0.39, 0.29) is 36.6 Å². The van der Waals surface area contributed by atoms with Crippen LogP contribution in [0.5, 0.6) is 5.75 Å². The molecule has 2 amide bonds. The molecule has 10 nitrogen and oxygen atoms in total. The van der Waals surface area contributed by atoms with Crippen molar-refractivity contribution in [3.8, 4) is 5.75 Å². The summed E-state index contributed by atoms with van der Waals surface area (Å²) >= 11 is 0. The third-order valence-electron chi connectivity index (χ3n) is 8.72. The number of carbonyl (C=O) groups excluding carboxylic acids is 2. The number of benzene rings is 3. The largest absolute Gasteiger partial charge is 0.491 e. The maximum atomic E-state index is 13.4. The van der Waals surface area contributed by atoms with Crippen LogP contribution >= 0.6 is 0 Å². The van der Waals surface area contributed by atoms with Gasteiger partial charge in [0.15, 0.2) is 0 Å². The highest BCUT2D eigenvalue weighted by Crippen LogP contribution is 2.37. The van der Waals surface area contributed by atoms with Gasteiger partial charge in [-0.2, -0.15) is 0 Å². The Bertz CT molecular complexity index is 1870. The number of imide groups is 1. The Morgan fingerprint density at radius 1 is 1.00 bits per heavy atom. The number of piperidine rings is 1. The van der Waals surface area contributed by atoms with Gasteiger partial charge in [-0.1, -0.05) is 30.3 Å². The lowest BCUT2D eigenvalue weighted by molar-refractivity contribution is 0.0516. The number of aliphatic hydroxyl groups excluding tert-OH is 1. The summed E-state index contributed by atoms with van der Waals surface area (Å²) in [7, 11) is 2.04. The Morgan fingerprint density at radius 2 is 1.75 bits per heavy atom. The third-order valence-corrected chi connectivity index (χ3v) is 8.72. The van der Waals surface area contributed by atoms with Crippen LogP contribution in [-0.4, -0.2) is 82.9 Å². The fraction of sp³-hybridized carbons (Fsp3) is 0.294. The number of pyridine rings is 1. The number of rotatable bonds is 8. The molecule has 0 spiro atoms. The molecule has 4 aromatic rings. The first-order valence-corrected chi connectivity index (χ1v) is 14.9. The molecular formula is C34H33N5O5. The highest BCUT2D eigenvalue weighted by atomic mass is 16.5. The smallest absolute Gasteiger partial charge is 0.261 e. The number of aliphatic hydroxyl groups is 1. The van der Waals surface area contributed by atoms with Crippen molar-refractivity contribution in [3.63, 3.8) is 0 Å². The molecule has 4 heterocycles. The molecule has 7 rings (SSSR count). The summed E-state index contributed by atoms with van der Waals surface area (Å²) in [4.78, 5) is 50.8. The normalized spacial score (nSPS) is 17.5. The number of anilines is 1. The third kappa shape index (κ3) is 5.16. The molecule has 1 fully saturated rings. The van der Waals surface area contributed by atoms with Gasteiger partial charge in [0.25, 0.3) is 17.4 Å². The average molecular weight is 592 g/mol. The van der Waals surface area contributed by atoms with E-state index in [0.29, 0.717) is 45.9 Å². The minimum absolute atomic E-state index is 0.0679. The Morgan fingerprint density at radius 3 is 2.55 bits per heavy atom. The predicted octanol–water partition coefficient (Wildman–Crippen LogP) is 3.75. The van der Waals surface area contributed by atoms with Crippen molar-refractivity contribution in [3.05, 3.63) is 99.5 Å². The van der Waals surface area contributed by atoms with Crippen LogP contribution in [-0.2, 0) is 6.42 Å². The van der Waals surface area contributed by atoms with E-state index in [0.717, 1.165) is 42.3 Å². The van der Waals surface area contributed by atoms with Gasteiger partial charge in [0.1, 0.15) is 18.5 Å².